The van der Waals surface area contributed by atoms with Crippen molar-refractivity contribution in [3.05, 3.63) is 66.7 Å². The van der Waals surface area contributed by atoms with E-state index in [4.69, 9.17) is 0 Å². The first kappa shape index (κ1) is 12.6. The first-order chi connectivity index (χ1) is 10.8. The van der Waals surface area contributed by atoms with E-state index < -0.39 is 0 Å². The first-order valence-electron chi connectivity index (χ1n) is 7.01. The Morgan fingerprint density at radius 2 is 1.55 bits per heavy atom. The minimum absolute atomic E-state index is 0.105. The zero-order valence-corrected chi connectivity index (χ0v) is 11.7. The second-order valence-corrected chi connectivity index (χ2v) is 5.07. The average molecular weight is 287 g/mol. The fourth-order valence-corrected chi connectivity index (χ4v) is 2.45. The molecule has 4 heteroatoms. The Balaban J connectivity index is 1.86. The molecule has 2 N–H and O–H groups in total. The summed E-state index contributed by atoms with van der Waals surface area (Å²) in [6, 6.07) is 21.1. The van der Waals surface area contributed by atoms with Crippen molar-refractivity contribution >= 4 is 33.4 Å². The lowest BCUT2D eigenvalue weighted by Crippen LogP contribution is -1.96. The van der Waals surface area contributed by atoms with E-state index in [0.717, 1.165) is 22.0 Å². The number of rotatable bonds is 2. The number of pyridine rings is 2. The molecular formula is C18H13N3O. The predicted molar refractivity (Wildman–Crippen MR) is 88.4 cm³/mol. The number of para-hydroxylation sites is 2. The zero-order chi connectivity index (χ0) is 14.9. The topological polar surface area (TPSA) is 58.0 Å². The van der Waals surface area contributed by atoms with Crippen LogP contribution in [-0.4, -0.2) is 15.1 Å². The molecular weight excluding hydrogens is 274 g/mol. The van der Waals surface area contributed by atoms with Crippen LogP contribution in [0, 0.1) is 0 Å². The fourth-order valence-electron chi connectivity index (χ4n) is 2.45. The highest BCUT2D eigenvalue weighted by Gasteiger charge is 2.08. The Bertz CT molecular complexity index is 968. The molecule has 0 unspecified atom stereocenters. The molecule has 106 valence electrons. The van der Waals surface area contributed by atoms with Crippen molar-refractivity contribution in [3.8, 4) is 5.75 Å². The van der Waals surface area contributed by atoms with E-state index in [1.165, 1.54) is 0 Å². The Hall–Kier alpha value is -3.14. The Morgan fingerprint density at radius 3 is 2.41 bits per heavy atom. The number of nitrogens with zero attached hydrogens (tertiary/aromatic N) is 2. The molecule has 2 heterocycles. The number of benzene rings is 2. The quantitative estimate of drug-likeness (QED) is 0.542. The lowest BCUT2D eigenvalue weighted by Gasteiger charge is -2.09. The van der Waals surface area contributed by atoms with E-state index in [1.807, 2.05) is 60.7 Å². The molecule has 0 bridgehead atoms. The number of fused-ring (bicyclic) bond motifs is 2. The maximum absolute atomic E-state index is 10.2. The highest BCUT2D eigenvalue weighted by Crippen LogP contribution is 2.29. The van der Waals surface area contributed by atoms with Gasteiger partial charge in [0.15, 0.2) is 17.2 Å². The zero-order valence-electron chi connectivity index (χ0n) is 11.7. The van der Waals surface area contributed by atoms with Gasteiger partial charge in [0.2, 0.25) is 0 Å². The van der Waals surface area contributed by atoms with Crippen LogP contribution in [-0.2, 0) is 0 Å². The van der Waals surface area contributed by atoms with Gasteiger partial charge in [-0.15, -0.1) is 0 Å². The number of hydrogen-bond donors (Lipinski definition) is 2. The molecule has 2 aromatic heterocycles. The number of hydrogen-bond acceptors (Lipinski definition) is 4. The van der Waals surface area contributed by atoms with E-state index in [1.54, 1.807) is 6.07 Å². The van der Waals surface area contributed by atoms with Crippen LogP contribution in [0.4, 0.5) is 11.5 Å². The van der Waals surface area contributed by atoms with Crippen LogP contribution in [0.15, 0.2) is 66.7 Å². The minimum atomic E-state index is 0.105. The summed E-state index contributed by atoms with van der Waals surface area (Å²) in [6.07, 6.45) is 0. The van der Waals surface area contributed by atoms with Crippen molar-refractivity contribution in [2.24, 2.45) is 0 Å². The molecule has 0 fully saturated rings. The van der Waals surface area contributed by atoms with Crippen LogP contribution in [0.5, 0.6) is 5.75 Å². The standard InChI is InChI=1S/C18H13N3O/c22-16-11-13-10-12-6-4-5-9-15(12)20-17(13)21-18(16)19-14-7-2-1-3-8-14/h1-11,22H,(H,19,20,21). The van der Waals surface area contributed by atoms with Crippen molar-refractivity contribution in [3.63, 3.8) is 0 Å². The summed E-state index contributed by atoms with van der Waals surface area (Å²) in [6.45, 7) is 0. The van der Waals surface area contributed by atoms with Gasteiger partial charge in [-0.25, -0.2) is 9.97 Å². The van der Waals surface area contributed by atoms with Crippen molar-refractivity contribution in [1.82, 2.24) is 9.97 Å². The van der Waals surface area contributed by atoms with Crippen LogP contribution >= 0.6 is 0 Å². The van der Waals surface area contributed by atoms with Gasteiger partial charge in [-0.2, -0.15) is 0 Å². The molecule has 4 nitrogen and oxygen atoms in total. The van der Waals surface area contributed by atoms with Crippen LogP contribution in [0.25, 0.3) is 21.9 Å². The Labute approximate surface area is 127 Å². The third-order valence-corrected chi connectivity index (χ3v) is 3.52. The van der Waals surface area contributed by atoms with Crippen molar-refractivity contribution in [2.75, 3.05) is 5.32 Å². The predicted octanol–water partition coefficient (Wildman–Crippen LogP) is 4.23. The lowest BCUT2D eigenvalue weighted by molar-refractivity contribution is 0.476. The molecule has 4 rings (SSSR count). The molecule has 0 radical (unpaired) electrons. The molecule has 0 atom stereocenters. The molecule has 0 saturated heterocycles. The summed E-state index contributed by atoms with van der Waals surface area (Å²) in [5, 5.41) is 15.1. The molecule has 22 heavy (non-hydrogen) atoms. The molecule has 0 saturated carbocycles. The van der Waals surface area contributed by atoms with Gasteiger partial charge in [0.05, 0.1) is 5.52 Å². The van der Waals surface area contributed by atoms with Gasteiger partial charge < -0.3 is 10.4 Å². The number of anilines is 2. The molecule has 4 aromatic rings. The fraction of sp³-hybridized carbons (Fsp3) is 0. The van der Waals surface area contributed by atoms with Gasteiger partial charge in [0.25, 0.3) is 0 Å². The Kier molecular flexibility index (Phi) is 2.86. The van der Waals surface area contributed by atoms with E-state index in [-0.39, 0.29) is 5.75 Å². The van der Waals surface area contributed by atoms with E-state index in [0.29, 0.717) is 11.5 Å². The lowest BCUT2D eigenvalue weighted by atomic mass is 10.1. The second kappa shape index (κ2) is 5.00. The maximum atomic E-state index is 10.2. The summed E-state index contributed by atoms with van der Waals surface area (Å²) in [5.74, 6) is 0.509. The molecule has 0 aliphatic heterocycles. The molecule has 0 aliphatic carbocycles. The van der Waals surface area contributed by atoms with Crippen LogP contribution < -0.4 is 5.32 Å². The summed E-state index contributed by atoms with van der Waals surface area (Å²) in [5.41, 5.74) is 2.36. The third kappa shape index (κ3) is 2.20. The average Bonchev–Trinajstić information content (AvgIpc) is 2.55. The van der Waals surface area contributed by atoms with Crippen molar-refractivity contribution < 1.29 is 5.11 Å². The highest BCUT2D eigenvalue weighted by molar-refractivity contribution is 5.92. The van der Waals surface area contributed by atoms with Crippen LogP contribution in [0.1, 0.15) is 0 Å². The SMILES string of the molecule is Oc1cc2cc3ccccc3nc2nc1Nc1ccccc1. The summed E-state index contributed by atoms with van der Waals surface area (Å²) in [4.78, 5) is 9.01. The van der Waals surface area contributed by atoms with Gasteiger partial charge in [0.1, 0.15) is 0 Å². The summed E-state index contributed by atoms with van der Waals surface area (Å²) >= 11 is 0. The van der Waals surface area contributed by atoms with E-state index in [9.17, 15) is 5.11 Å². The van der Waals surface area contributed by atoms with Crippen LogP contribution in [0.2, 0.25) is 0 Å². The smallest absolute Gasteiger partial charge is 0.175 e. The first-order valence-corrected chi connectivity index (χ1v) is 7.01. The van der Waals surface area contributed by atoms with Crippen LogP contribution in [0.3, 0.4) is 0 Å². The van der Waals surface area contributed by atoms with E-state index >= 15 is 0 Å². The van der Waals surface area contributed by atoms with Crippen molar-refractivity contribution in [1.29, 1.82) is 0 Å². The van der Waals surface area contributed by atoms with Gasteiger partial charge in [-0.3, -0.25) is 0 Å². The maximum Gasteiger partial charge on any atom is 0.175 e. The minimum Gasteiger partial charge on any atom is -0.504 e. The summed E-state index contributed by atoms with van der Waals surface area (Å²) < 4.78 is 0. The Morgan fingerprint density at radius 1 is 0.773 bits per heavy atom. The van der Waals surface area contributed by atoms with Crippen molar-refractivity contribution in [2.45, 2.75) is 0 Å². The van der Waals surface area contributed by atoms with E-state index in [2.05, 4.69) is 15.3 Å². The number of aromatic nitrogens is 2. The van der Waals surface area contributed by atoms with Gasteiger partial charge in [0, 0.05) is 16.5 Å². The second-order valence-electron chi connectivity index (χ2n) is 5.07. The monoisotopic (exact) mass is 287 g/mol. The van der Waals surface area contributed by atoms with Gasteiger partial charge in [-0.1, -0.05) is 36.4 Å². The molecule has 2 aromatic carbocycles. The molecule has 0 spiro atoms. The largest absolute Gasteiger partial charge is 0.504 e. The molecule has 0 aliphatic rings. The number of aromatic hydroxyl groups is 1. The van der Waals surface area contributed by atoms with Gasteiger partial charge >= 0.3 is 0 Å². The third-order valence-electron chi connectivity index (χ3n) is 3.52. The molecule has 0 amide bonds. The van der Waals surface area contributed by atoms with Gasteiger partial charge in [-0.05, 0) is 30.3 Å². The highest BCUT2D eigenvalue weighted by atomic mass is 16.3. The normalized spacial score (nSPS) is 10.9. The number of nitrogens with one attached hydrogen (secondary N) is 1. The summed E-state index contributed by atoms with van der Waals surface area (Å²) in [7, 11) is 0.